The lowest BCUT2D eigenvalue weighted by Crippen LogP contribution is -2.14. The molecule has 0 amide bonds. The van der Waals surface area contributed by atoms with Crippen molar-refractivity contribution in [2.24, 2.45) is 10.7 Å². The molecule has 0 saturated heterocycles. The molecule has 0 aromatic carbocycles. The van der Waals surface area contributed by atoms with Gasteiger partial charge in [-0.05, 0) is 20.3 Å². The van der Waals surface area contributed by atoms with Crippen molar-refractivity contribution in [1.82, 2.24) is 0 Å². The molecular formula is C12H18N2. The second-order valence-corrected chi connectivity index (χ2v) is 3.04. The normalized spacial score (nSPS) is 11.4. The van der Waals surface area contributed by atoms with Gasteiger partial charge in [0.25, 0.3) is 0 Å². The van der Waals surface area contributed by atoms with Gasteiger partial charge in [0.05, 0.1) is 0 Å². The number of amidine groups is 1. The third kappa shape index (κ3) is 4.45. The first kappa shape index (κ1) is 12.4. The van der Waals surface area contributed by atoms with Crippen LogP contribution in [0, 0.1) is 0 Å². The first-order valence-electron chi connectivity index (χ1n) is 4.53. The van der Waals surface area contributed by atoms with E-state index in [0.717, 1.165) is 17.6 Å². The lowest BCUT2D eigenvalue weighted by molar-refractivity contribution is 1.32. The van der Waals surface area contributed by atoms with Crippen LogP contribution in [0.1, 0.15) is 20.3 Å². The van der Waals surface area contributed by atoms with E-state index < -0.39 is 0 Å². The molecule has 0 fully saturated rings. The van der Waals surface area contributed by atoms with Gasteiger partial charge in [-0.1, -0.05) is 30.4 Å². The third-order valence-electron chi connectivity index (χ3n) is 1.63. The van der Waals surface area contributed by atoms with Crippen molar-refractivity contribution in [2.75, 3.05) is 0 Å². The van der Waals surface area contributed by atoms with E-state index in [-0.39, 0.29) is 0 Å². The van der Waals surface area contributed by atoms with Crippen LogP contribution in [0.25, 0.3) is 0 Å². The molecule has 0 heterocycles. The summed E-state index contributed by atoms with van der Waals surface area (Å²) in [6.07, 6.45) is 8.07. The maximum atomic E-state index is 5.76. The minimum atomic E-state index is 0.500. The Morgan fingerprint density at radius 1 is 1.36 bits per heavy atom. The summed E-state index contributed by atoms with van der Waals surface area (Å²) in [7, 11) is 0. The monoisotopic (exact) mass is 190 g/mol. The molecule has 76 valence electrons. The van der Waals surface area contributed by atoms with Gasteiger partial charge < -0.3 is 5.73 Å². The zero-order chi connectivity index (χ0) is 11.0. The van der Waals surface area contributed by atoms with Crippen molar-refractivity contribution < 1.29 is 0 Å². The first-order chi connectivity index (χ1) is 6.63. The smallest absolute Gasteiger partial charge is 0.130 e. The van der Waals surface area contributed by atoms with Gasteiger partial charge in [0.1, 0.15) is 5.84 Å². The molecule has 0 aliphatic heterocycles. The predicted molar refractivity (Wildman–Crippen MR) is 64.1 cm³/mol. The molecule has 0 bridgehead atoms. The fourth-order valence-corrected chi connectivity index (χ4v) is 0.958. The molecule has 0 rings (SSSR count). The molecule has 2 nitrogen and oxygen atoms in total. The van der Waals surface area contributed by atoms with Crippen molar-refractivity contribution in [1.29, 1.82) is 0 Å². The van der Waals surface area contributed by atoms with Crippen molar-refractivity contribution in [3.63, 3.8) is 0 Å². The molecule has 0 aromatic heterocycles. The summed E-state index contributed by atoms with van der Waals surface area (Å²) in [5.41, 5.74) is 7.84. The second kappa shape index (κ2) is 6.89. The van der Waals surface area contributed by atoms with Gasteiger partial charge in [0.15, 0.2) is 0 Å². The minimum Gasteiger partial charge on any atom is -0.383 e. The van der Waals surface area contributed by atoms with Gasteiger partial charge in [-0.25, -0.2) is 4.99 Å². The maximum Gasteiger partial charge on any atom is 0.130 e. The summed E-state index contributed by atoms with van der Waals surface area (Å²) in [5, 5.41) is 0. The van der Waals surface area contributed by atoms with E-state index in [1.807, 2.05) is 32.1 Å². The van der Waals surface area contributed by atoms with E-state index in [1.165, 1.54) is 6.20 Å². The summed E-state index contributed by atoms with van der Waals surface area (Å²) in [4.78, 5) is 3.95. The Morgan fingerprint density at radius 2 is 2.00 bits per heavy atom. The predicted octanol–water partition coefficient (Wildman–Crippen LogP) is 2.96. The molecule has 0 aliphatic carbocycles. The zero-order valence-corrected chi connectivity index (χ0v) is 8.96. The van der Waals surface area contributed by atoms with Crippen LogP contribution in [-0.4, -0.2) is 5.84 Å². The van der Waals surface area contributed by atoms with Crippen molar-refractivity contribution in [2.45, 2.75) is 20.3 Å². The zero-order valence-electron chi connectivity index (χ0n) is 8.96. The number of nitrogens with zero attached hydrogens (tertiary/aromatic N) is 1. The fraction of sp³-hybridized carbons (Fsp3) is 0.250. The summed E-state index contributed by atoms with van der Waals surface area (Å²) < 4.78 is 0. The quantitative estimate of drug-likeness (QED) is 0.308. The highest BCUT2D eigenvalue weighted by atomic mass is 14.8. The Labute approximate surface area is 86.2 Å². The van der Waals surface area contributed by atoms with E-state index in [1.54, 1.807) is 0 Å². The van der Waals surface area contributed by atoms with Gasteiger partial charge in [0, 0.05) is 11.8 Å². The van der Waals surface area contributed by atoms with Crippen molar-refractivity contribution >= 4 is 5.84 Å². The highest BCUT2D eigenvalue weighted by Gasteiger charge is 1.99. The van der Waals surface area contributed by atoms with E-state index in [0.29, 0.717) is 5.84 Å². The van der Waals surface area contributed by atoms with Crippen molar-refractivity contribution in [3.05, 3.63) is 48.7 Å². The maximum absolute atomic E-state index is 5.76. The van der Waals surface area contributed by atoms with E-state index in [2.05, 4.69) is 18.2 Å². The molecule has 0 saturated carbocycles. The van der Waals surface area contributed by atoms with Gasteiger partial charge in [-0.15, -0.1) is 6.58 Å². The van der Waals surface area contributed by atoms with Gasteiger partial charge in [-0.2, -0.15) is 0 Å². The van der Waals surface area contributed by atoms with Crippen LogP contribution in [0.3, 0.4) is 0 Å². The van der Waals surface area contributed by atoms with E-state index in [9.17, 15) is 0 Å². The molecule has 2 N–H and O–H groups in total. The van der Waals surface area contributed by atoms with Crippen molar-refractivity contribution in [3.8, 4) is 0 Å². The Morgan fingerprint density at radius 3 is 2.43 bits per heavy atom. The summed E-state index contributed by atoms with van der Waals surface area (Å²) in [5.74, 6) is 0.500. The number of hydrogen-bond donors (Lipinski definition) is 1. The number of nitrogens with two attached hydrogens (primary N) is 1. The van der Waals surface area contributed by atoms with Gasteiger partial charge in [-0.3, -0.25) is 0 Å². The van der Waals surface area contributed by atoms with Crippen LogP contribution in [0.5, 0.6) is 0 Å². The lowest BCUT2D eigenvalue weighted by atomic mass is 10.1. The summed E-state index contributed by atoms with van der Waals surface area (Å²) in [6, 6.07) is 0. The Bertz CT molecular complexity index is 289. The Hall–Kier alpha value is -1.57. The van der Waals surface area contributed by atoms with Gasteiger partial charge in [0.2, 0.25) is 0 Å². The minimum absolute atomic E-state index is 0.500. The number of hydrogen-bond acceptors (Lipinski definition) is 1. The summed E-state index contributed by atoms with van der Waals surface area (Å²) >= 11 is 0. The Balaban J connectivity index is 4.81. The lowest BCUT2D eigenvalue weighted by Gasteiger charge is -2.02. The average molecular weight is 190 g/mol. The van der Waals surface area contributed by atoms with Gasteiger partial charge >= 0.3 is 0 Å². The number of aliphatic imine (C=N–C) groups is 1. The second-order valence-electron chi connectivity index (χ2n) is 3.04. The third-order valence-corrected chi connectivity index (χ3v) is 1.63. The number of rotatable bonds is 5. The van der Waals surface area contributed by atoms with Crippen LogP contribution in [0.2, 0.25) is 0 Å². The van der Waals surface area contributed by atoms with Crippen LogP contribution in [0.15, 0.2) is 53.7 Å². The SMILES string of the molecule is C=CC/C=C\C(C(N)=NC=C)=C(C)C. The highest BCUT2D eigenvalue weighted by molar-refractivity contribution is 6.00. The van der Waals surface area contributed by atoms with E-state index >= 15 is 0 Å². The molecule has 0 radical (unpaired) electrons. The standard InChI is InChI=1S/C12H18N2/c1-5-7-8-9-11(10(3)4)12(13)14-6-2/h5-6,8-9H,1-2,7H2,3-4H3,(H2,13,14)/b9-8-. The molecule has 0 aromatic rings. The highest BCUT2D eigenvalue weighted by Crippen LogP contribution is 2.06. The van der Waals surface area contributed by atoms with Crippen LogP contribution >= 0.6 is 0 Å². The van der Waals surface area contributed by atoms with E-state index in [4.69, 9.17) is 5.73 Å². The van der Waals surface area contributed by atoms with Crippen LogP contribution in [0.4, 0.5) is 0 Å². The largest absolute Gasteiger partial charge is 0.383 e. The fourth-order valence-electron chi connectivity index (χ4n) is 0.958. The topological polar surface area (TPSA) is 38.4 Å². The van der Waals surface area contributed by atoms with Crippen LogP contribution < -0.4 is 5.73 Å². The molecular weight excluding hydrogens is 172 g/mol. The molecule has 0 unspecified atom stereocenters. The molecule has 14 heavy (non-hydrogen) atoms. The average Bonchev–Trinajstić information content (AvgIpc) is 2.12. The first-order valence-corrected chi connectivity index (χ1v) is 4.53. The molecule has 0 aliphatic rings. The molecule has 0 spiro atoms. The van der Waals surface area contributed by atoms with Crippen LogP contribution in [-0.2, 0) is 0 Å². The number of allylic oxidation sites excluding steroid dienone is 3. The Kier molecular flexibility index (Phi) is 6.12. The summed E-state index contributed by atoms with van der Waals surface area (Å²) in [6.45, 7) is 11.1. The molecule has 2 heteroatoms. The molecule has 0 atom stereocenters.